The number of benzene rings is 1. The predicted octanol–water partition coefficient (Wildman–Crippen LogP) is 1.90. The number of nitrogens with one attached hydrogen (secondary N) is 2. The van der Waals surface area contributed by atoms with Crippen molar-refractivity contribution >= 4 is 46.8 Å². The van der Waals surface area contributed by atoms with Crippen LogP contribution in [0.5, 0.6) is 0 Å². The summed E-state index contributed by atoms with van der Waals surface area (Å²) in [7, 11) is 2.87. The van der Waals surface area contributed by atoms with E-state index in [4.69, 9.17) is 28.3 Å². The highest BCUT2D eigenvalue weighted by atomic mass is 35.5. The van der Waals surface area contributed by atoms with Crippen LogP contribution in [0.15, 0.2) is 12.1 Å². The Morgan fingerprint density at radius 2 is 1.76 bits per heavy atom. The first-order chi connectivity index (χ1) is 9.76. The van der Waals surface area contributed by atoms with E-state index in [0.717, 1.165) is 4.90 Å². The number of carboxylic acid groups (broad SMARTS) is 1. The van der Waals surface area contributed by atoms with Gasteiger partial charge in [0.1, 0.15) is 6.54 Å². The summed E-state index contributed by atoms with van der Waals surface area (Å²) in [5.74, 6) is -1.53. The number of carbonyl (C=O) groups is 3. The van der Waals surface area contributed by atoms with Crippen LogP contribution in [0.3, 0.4) is 0 Å². The van der Waals surface area contributed by atoms with Gasteiger partial charge in [-0.3, -0.25) is 4.79 Å². The van der Waals surface area contributed by atoms with Gasteiger partial charge in [-0.2, -0.15) is 0 Å². The molecule has 0 unspecified atom stereocenters. The summed E-state index contributed by atoms with van der Waals surface area (Å²) < 4.78 is 0. The second-order valence-corrected chi connectivity index (χ2v) is 4.89. The molecule has 0 aliphatic carbocycles. The third-order valence-electron chi connectivity index (χ3n) is 2.53. The third-order valence-corrected chi connectivity index (χ3v) is 3.12. The molecule has 0 atom stereocenters. The molecule has 0 saturated heterocycles. The number of likely N-dealkylation sites (N-methyl/N-ethyl adjacent to an activating group) is 2. The number of aromatic carboxylic acids is 1. The molecule has 1 aromatic rings. The van der Waals surface area contributed by atoms with Crippen molar-refractivity contribution in [3.05, 3.63) is 27.7 Å². The van der Waals surface area contributed by atoms with Crippen LogP contribution in [0.1, 0.15) is 10.4 Å². The normalized spacial score (nSPS) is 9.90. The monoisotopic (exact) mass is 333 g/mol. The van der Waals surface area contributed by atoms with Crippen LogP contribution in [0.2, 0.25) is 10.0 Å². The SMILES string of the molecule is CNC(=O)CN(C)C(=O)Nc1c(Cl)cc(C(=O)O)cc1Cl. The number of amides is 3. The maximum Gasteiger partial charge on any atom is 0.335 e. The number of nitrogens with zero attached hydrogens (tertiary/aromatic N) is 1. The van der Waals surface area contributed by atoms with Gasteiger partial charge in [-0.05, 0) is 12.1 Å². The van der Waals surface area contributed by atoms with Crippen LogP contribution in [-0.4, -0.2) is 48.6 Å². The van der Waals surface area contributed by atoms with Crippen molar-refractivity contribution in [2.24, 2.45) is 0 Å². The average molecular weight is 334 g/mol. The molecular formula is C12H13Cl2N3O4. The van der Waals surface area contributed by atoms with Crippen molar-refractivity contribution in [1.29, 1.82) is 0 Å². The van der Waals surface area contributed by atoms with Gasteiger partial charge in [-0.25, -0.2) is 9.59 Å². The number of urea groups is 1. The lowest BCUT2D eigenvalue weighted by molar-refractivity contribution is -0.120. The van der Waals surface area contributed by atoms with Gasteiger partial charge in [-0.15, -0.1) is 0 Å². The van der Waals surface area contributed by atoms with E-state index in [1.165, 1.54) is 26.2 Å². The first kappa shape index (κ1) is 17.1. The molecule has 3 amide bonds. The maximum atomic E-state index is 11.9. The molecule has 0 spiro atoms. The smallest absolute Gasteiger partial charge is 0.335 e. The van der Waals surface area contributed by atoms with Crippen LogP contribution in [0.4, 0.5) is 10.5 Å². The Kier molecular flexibility index (Phi) is 5.80. The quantitative estimate of drug-likeness (QED) is 0.783. The highest BCUT2D eigenvalue weighted by molar-refractivity contribution is 6.40. The van der Waals surface area contributed by atoms with E-state index in [1.54, 1.807) is 0 Å². The Morgan fingerprint density at radius 3 is 2.19 bits per heavy atom. The zero-order chi connectivity index (χ0) is 16.2. The van der Waals surface area contributed by atoms with Gasteiger partial charge >= 0.3 is 12.0 Å². The van der Waals surface area contributed by atoms with Gasteiger partial charge in [0.25, 0.3) is 0 Å². The molecule has 0 fully saturated rings. The number of hydrogen-bond donors (Lipinski definition) is 3. The largest absolute Gasteiger partial charge is 0.478 e. The van der Waals surface area contributed by atoms with E-state index in [-0.39, 0.29) is 33.7 Å². The third kappa shape index (κ3) is 4.51. The Hall–Kier alpha value is -1.99. The molecule has 0 saturated carbocycles. The van der Waals surface area contributed by atoms with Gasteiger partial charge < -0.3 is 20.6 Å². The standard InChI is InChI=1S/C12H13Cl2N3O4/c1-15-9(18)5-17(2)12(21)16-10-7(13)3-6(11(19)20)4-8(10)14/h3-4H,5H2,1-2H3,(H,15,18)(H,16,21)(H,19,20). The minimum absolute atomic E-state index is 0.0124. The van der Waals surface area contributed by atoms with E-state index >= 15 is 0 Å². The number of rotatable bonds is 4. The highest BCUT2D eigenvalue weighted by Crippen LogP contribution is 2.32. The van der Waals surface area contributed by atoms with Gasteiger partial charge in [0.15, 0.2) is 0 Å². The molecule has 3 N–H and O–H groups in total. The molecule has 0 aliphatic heterocycles. The molecule has 1 rings (SSSR count). The minimum atomic E-state index is -1.19. The van der Waals surface area contributed by atoms with Crippen LogP contribution in [-0.2, 0) is 4.79 Å². The molecule has 7 nitrogen and oxygen atoms in total. The lowest BCUT2D eigenvalue weighted by Crippen LogP contribution is -2.39. The zero-order valence-corrected chi connectivity index (χ0v) is 12.7. The molecule has 0 aliphatic rings. The molecule has 0 bridgehead atoms. The van der Waals surface area contributed by atoms with E-state index in [0.29, 0.717) is 0 Å². The summed E-state index contributed by atoms with van der Waals surface area (Å²) in [6, 6.07) is 1.74. The molecule has 114 valence electrons. The van der Waals surface area contributed by atoms with Gasteiger partial charge in [0, 0.05) is 14.1 Å². The topological polar surface area (TPSA) is 98.7 Å². The molecule has 0 radical (unpaired) electrons. The summed E-state index contributed by atoms with van der Waals surface area (Å²) in [6.07, 6.45) is 0. The Labute approximate surface area is 130 Å². The van der Waals surface area contributed by atoms with Crippen LogP contribution in [0.25, 0.3) is 0 Å². The highest BCUT2D eigenvalue weighted by Gasteiger charge is 2.17. The van der Waals surface area contributed by atoms with Gasteiger partial charge in [0.05, 0.1) is 21.3 Å². The fraction of sp³-hybridized carbons (Fsp3) is 0.250. The van der Waals surface area contributed by atoms with Crippen molar-refractivity contribution in [3.63, 3.8) is 0 Å². The molecular weight excluding hydrogens is 321 g/mol. The van der Waals surface area contributed by atoms with E-state index < -0.39 is 12.0 Å². The van der Waals surface area contributed by atoms with Crippen molar-refractivity contribution in [1.82, 2.24) is 10.2 Å². The Morgan fingerprint density at radius 1 is 1.24 bits per heavy atom. The number of hydrogen-bond acceptors (Lipinski definition) is 3. The summed E-state index contributed by atoms with van der Waals surface area (Å²) in [5.41, 5.74) is -0.0150. The lowest BCUT2D eigenvalue weighted by atomic mass is 10.2. The number of carboxylic acids is 1. The van der Waals surface area contributed by atoms with Gasteiger partial charge in [0.2, 0.25) is 5.91 Å². The number of halogens is 2. The fourth-order valence-corrected chi connectivity index (χ4v) is 1.97. The average Bonchev–Trinajstić information content (AvgIpc) is 2.41. The molecule has 0 heterocycles. The summed E-state index contributed by atoms with van der Waals surface area (Å²) >= 11 is 11.8. The second-order valence-electron chi connectivity index (χ2n) is 4.08. The van der Waals surface area contributed by atoms with Crippen molar-refractivity contribution < 1.29 is 19.5 Å². The molecule has 21 heavy (non-hydrogen) atoms. The number of anilines is 1. The Bertz CT molecular complexity index is 569. The summed E-state index contributed by atoms with van der Waals surface area (Å²) in [5, 5.41) is 13.6. The van der Waals surface area contributed by atoms with E-state index in [1.807, 2.05) is 0 Å². The van der Waals surface area contributed by atoms with Crippen molar-refractivity contribution in [3.8, 4) is 0 Å². The van der Waals surface area contributed by atoms with E-state index in [9.17, 15) is 14.4 Å². The fourth-order valence-electron chi connectivity index (χ4n) is 1.38. The van der Waals surface area contributed by atoms with Crippen LogP contribution >= 0.6 is 23.2 Å². The summed E-state index contributed by atoms with van der Waals surface area (Å²) in [4.78, 5) is 35.0. The van der Waals surface area contributed by atoms with Crippen molar-refractivity contribution in [2.45, 2.75) is 0 Å². The zero-order valence-electron chi connectivity index (χ0n) is 11.2. The second kappa shape index (κ2) is 7.14. The van der Waals surface area contributed by atoms with Crippen LogP contribution in [0, 0.1) is 0 Å². The summed E-state index contributed by atoms with van der Waals surface area (Å²) in [6.45, 7) is -0.148. The molecule has 1 aromatic carbocycles. The maximum absolute atomic E-state index is 11.9. The lowest BCUT2D eigenvalue weighted by Gasteiger charge is -2.18. The molecule has 9 heteroatoms. The van der Waals surface area contributed by atoms with E-state index in [2.05, 4.69) is 10.6 Å². The predicted molar refractivity (Wildman–Crippen MR) is 79.1 cm³/mol. The van der Waals surface area contributed by atoms with Crippen molar-refractivity contribution in [2.75, 3.05) is 26.0 Å². The number of carbonyl (C=O) groups excluding carboxylic acids is 2. The van der Waals surface area contributed by atoms with Gasteiger partial charge in [-0.1, -0.05) is 23.2 Å². The minimum Gasteiger partial charge on any atom is -0.478 e. The first-order valence-electron chi connectivity index (χ1n) is 5.71. The van der Waals surface area contributed by atoms with Crippen LogP contribution < -0.4 is 10.6 Å². The first-order valence-corrected chi connectivity index (χ1v) is 6.47. The molecule has 0 aromatic heterocycles. The Balaban J connectivity index is 2.90.